The van der Waals surface area contributed by atoms with Crippen LogP contribution in [0.4, 0.5) is 0 Å². The molecule has 1 aliphatic rings. The van der Waals surface area contributed by atoms with Crippen LogP contribution in [0.15, 0.2) is 29.3 Å². The van der Waals surface area contributed by atoms with Crippen LogP contribution in [0, 0.1) is 0 Å². The van der Waals surface area contributed by atoms with E-state index >= 15 is 0 Å². The molecule has 0 spiro atoms. The first-order chi connectivity index (χ1) is 9.10. The third-order valence-corrected chi connectivity index (χ3v) is 2.66. The van der Waals surface area contributed by atoms with Crippen LogP contribution < -0.4 is 11.1 Å². The average molecular weight is 261 g/mol. The summed E-state index contributed by atoms with van der Waals surface area (Å²) in [6.07, 6.45) is 2.54. The van der Waals surface area contributed by atoms with Gasteiger partial charge in [-0.05, 0) is 12.1 Å². The van der Waals surface area contributed by atoms with Crippen LogP contribution in [-0.4, -0.2) is 28.5 Å². The number of benzene rings is 1. The van der Waals surface area contributed by atoms with Crippen molar-refractivity contribution in [2.45, 2.75) is 12.8 Å². The van der Waals surface area contributed by atoms with E-state index in [9.17, 15) is 15.0 Å². The van der Waals surface area contributed by atoms with Gasteiger partial charge in [0.15, 0.2) is 0 Å². The highest BCUT2D eigenvalue weighted by molar-refractivity contribution is 6.03. The fraction of sp³-hybridized carbons (Fsp3) is 0.231. The van der Waals surface area contributed by atoms with Crippen LogP contribution >= 0.6 is 0 Å². The summed E-state index contributed by atoms with van der Waals surface area (Å²) in [5, 5.41) is 21.6. The van der Waals surface area contributed by atoms with Gasteiger partial charge in [-0.25, -0.2) is 4.99 Å². The van der Waals surface area contributed by atoms with Crippen LogP contribution in [0.2, 0.25) is 0 Å². The maximum Gasteiger partial charge on any atom is 0.226 e. The van der Waals surface area contributed by atoms with Crippen LogP contribution in [0.25, 0.3) is 5.70 Å². The average Bonchev–Trinajstić information content (AvgIpc) is 2.77. The molecule has 0 aromatic heterocycles. The number of phenolic OH excluding ortho intramolecular Hbond substituents is 2. The van der Waals surface area contributed by atoms with E-state index < -0.39 is 0 Å². The number of nitrogens with two attached hydrogens (primary N) is 1. The second kappa shape index (κ2) is 5.53. The van der Waals surface area contributed by atoms with Gasteiger partial charge in [0, 0.05) is 31.0 Å². The van der Waals surface area contributed by atoms with Crippen molar-refractivity contribution in [2.75, 3.05) is 6.54 Å². The van der Waals surface area contributed by atoms with Crippen molar-refractivity contribution in [1.82, 2.24) is 5.32 Å². The quantitative estimate of drug-likeness (QED) is 0.642. The van der Waals surface area contributed by atoms with Gasteiger partial charge in [0.1, 0.15) is 17.3 Å². The van der Waals surface area contributed by atoms with Crippen molar-refractivity contribution < 1.29 is 15.0 Å². The molecule has 5 N–H and O–H groups in total. The number of amides is 1. The number of carbonyl (C=O) groups is 1. The van der Waals surface area contributed by atoms with Crippen molar-refractivity contribution in [2.24, 2.45) is 10.7 Å². The molecule has 0 atom stereocenters. The zero-order valence-electron chi connectivity index (χ0n) is 10.3. The predicted octanol–water partition coefficient (Wildman–Crippen LogP) is 0.706. The summed E-state index contributed by atoms with van der Waals surface area (Å²) in [6.45, 7) is 0.290. The lowest BCUT2D eigenvalue weighted by atomic mass is 10.1. The van der Waals surface area contributed by atoms with Crippen molar-refractivity contribution in [3.8, 4) is 11.5 Å². The molecule has 6 nitrogen and oxygen atoms in total. The van der Waals surface area contributed by atoms with E-state index in [4.69, 9.17) is 5.73 Å². The standard InChI is InChI=1S/C13H15N3O3/c14-6-5-13(19)16-12-4-3-10(15-12)9-2-1-8(17)7-11(9)18/h1-3,7,17-18H,4-6,14H2,(H,15,16,19). The third-order valence-electron chi connectivity index (χ3n) is 2.66. The molecule has 2 rings (SSSR count). The third kappa shape index (κ3) is 3.11. The predicted molar refractivity (Wildman–Crippen MR) is 71.6 cm³/mol. The molecule has 100 valence electrons. The molecule has 0 radical (unpaired) electrons. The highest BCUT2D eigenvalue weighted by Gasteiger charge is 2.15. The van der Waals surface area contributed by atoms with Crippen LogP contribution in [-0.2, 0) is 4.79 Å². The van der Waals surface area contributed by atoms with E-state index in [0.29, 0.717) is 23.5 Å². The molecule has 0 aliphatic carbocycles. The Bertz CT molecular complexity index is 564. The van der Waals surface area contributed by atoms with Crippen molar-refractivity contribution in [1.29, 1.82) is 0 Å². The number of nitrogens with zero attached hydrogens (tertiary/aromatic N) is 1. The van der Waals surface area contributed by atoms with Crippen molar-refractivity contribution in [3.05, 3.63) is 29.8 Å². The van der Waals surface area contributed by atoms with Gasteiger partial charge in [0.25, 0.3) is 0 Å². The smallest absolute Gasteiger partial charge is 0.226 e. The molecular weight excluding hydrogens is 246 g/mol. The van der Waals surface area contributed by atoms with Gasteiger partial charge >= 0.3 is 0 Å². The largest absolute Gasteiger partial charge is 0.508 e. The summed E-state index contributed by atoms with van der Waals surface area (Å²) in [7, 11) is 0. The molecule has 1 aliphatic heterocycles. The fourth-order valence-corrected chi connectivity index (χ4v) is 1.77. The summed E-state index contributed by atoms with van der Waals surface area (Å²) >= 11 is 0. The Morgan fingerprint density at radius 3 is 2.89 bits per heavy atom. The lowest BCUT2D eigenvalue weighted by Crippen LogP contribution is -2.30. The molecule has 0 saturated carbocycles. The number of amidine groups is 1. The Balaban J connectivity index is 2.11. The lowest BCUT2D eigenvalue weighted by Gasteiger charge is -2.04. The van der Waals surface area contributed by atoms with Gasteiger partial charge in [-0.15, -0.1) is 0 Å². The monoisotopic (exact) mass is 261 g/mol. The van der Waals surface area contributed by atoms with Gasteiger partial charge in [-0.2, -0.15) is 0 Å². The van der Waals surface area contributed by atoms with Crippen LogP contribution in [0.3, 0.4) is 0 Å². The fourth-order valence-electron chi connectivity index (χ4n) is 1.77. The van der Waals surface area contributed by atoms with Crippen molar-refractivity contribution in [3.63, 3.8) is 0 Å². The lowest BCUT2D eigenvalue weighted by molar-refractivity contribution is -0.119. The summed E-state index contributed by atoms with van der Waals surface area (Å²) < 4.78 is 0. The Morgan fingerprint density at radius 2 is 2.21 bits per heavy atom. The molecule has 0 fully saturated rings. The molecule has 1 aromatic rings. The number of phenols is 2. The summed E-state index contributed by atoms with van der Waals surface area (Å²) in [4.78, 5) is 15.6. The summed E-state index contributed by atoms with van der Waals surface area (Å²) in [6, 6.07) is 4.29. The number of hydrogen-bond acceptors (Lipinski definition) is 5. The Kier molecular flexibility index (Phi) is 3.82. The number of aliphatic imine (C=N–C) groups is 1. The number of rotatable bonds is 3. The number of carbonyl (C=O) groups excluding carboxylic acids is 1. The van der Waals surface area contributed by atoms with E-state index in [1.807, 2.05) is 0 Å². The zero-order chi connectivity index (χ0) is 13.8. The SMILES string of the molecule is NCCC(=O)NC1=NC(c2ccc(O)cc2O)=CC1. The number of aromatic hydroxyl groups is 2. The Labute approximate surface area is 110 Å². The maximum absolute atomic E-state index is 11.4. The number of nitrogens with one attached hydrogen (secondary N) is 1. The van der Waals surface area contributed by atoms with Crippen molar-refractivity contribution >= 4 is 17.4 Å². The molecule has 0 unspecified atom stereocenters. The van der Waals surface area contributed by atoms with Gasteiger partial charge in [0.05, 0.1) is 5.70 Å². The first-order valence-corrected chi connectivity index (χ1v) is 5.90. The molecule has 1 heterocycles. The molecule has 0 saturated heterocycles. The van der Waals surface area contributed by atoms with E-state index in [1.165, 1.54) is 12.1 Å². The highest BCUT2D eigenvalue weighted by Crippen LogP contribution is 2.31. The second-order valence-corrected chi connectivity index (χ2v) is 4.14. The van der Waals surface area contributed by atoms with Crippen LogP contribution in [0.1, 0.15) is 18.4 Å². The molecule has 19 heavy (non-hydrogen) atoms. The van der Waals surface area contributed by atoms with Gasteiger partial charge in [0.2, 0.25) is 5.91 Å². The molecule has 1 aromatic carbocycles. The number of hydrogen-bond donors (Lipinski definition) is 4. The Hall–Kier alpha value is -2.34. The van der Waals surface area contributed by atoms with E-state index in [-0.39, 0.29) is 30.4 Å². The highest BCUT2D eigenvalue weighted by atomic mass is 16.3. The minimum Gasteiger partial charge on any atom is -0.508 e. The van der Waals surface area contributed by atoms with E-state index in [1.54, 1.807) is 12.1 Å². The van der Waals surface area contributed by atoms with Gasteiger partial charge in [-0.3, -0.25) is 4.79 Å². The summed E-state index contributed by atoms with van der Waals surface area (Å²) in [5.41, 5.74) is 6.37. The van der Waals surface area contributed by atoms with E-state index in [2.05, 4.69) is 10.3 Å². The first kappa shape index (κ1) is 13.1. The van der Waals surface area contributed by atoms with Gasteiger partial charge in [-0.1, -0.05) is 6.08 Å². The Morgan fingerprint density at radius 1 is 1.42 bits per heavy atom. The van der Waals surface area contributed by atoms with E-state index in [0.717, 1.165) is 0 Å². The minimum atomic E-state index is -0.175. The molecule has 1 amide bonds. The second-order valence-electron chi connectivity index (χ2n) is 4.14. The normalized spacial score (nSPS) is 13.9. The maximum atomic E-state index is 11.4. The molecule has 6 heteroatoms. The van der Waals surface area contributed by atoms with Gasteiger partial charge < -0.3 is 21.3 Å². The topological polar surface area (TPSA) is 108 Å². The summed E-state index contributed by atoms with van der Waals surface area (Å²) in [5.74, 6) is 0.289. The first-order valence-electron chi connectivity index (χ1n) is 5.90. The zero-order valence-corrected chi connectivity index (χ0v) is 10.3. The molecular formula is C13H15N3O3. The minimum absolute atomic E-state index is 0.0136. The van der Waals surface area contributed by atoms with Crippen LogP contribution in [0.5, 0.6) is 11.5 Å². The molecule has 0 bridgehead atoms.